The van der Waals surface area contributed by atoms with Crippen molar-refractivity contribution in [2.24, 2.45) is 0 Å². The minimum atomic E-state index is -3.55. The monoisotopic (exact) mass is 555 g/mol. The van der Waals surface area contributed by atoms with Crippen LogP contribution < -0.4 is 9.62 Å². The van der Waals surface area contributed by atoms with Crippen LogP contribution in [-0.4, -0.2) is 51.0 Å². The first-order chi connectivity index (χ1) is 18.1. The quantitative estimate of drug-likeness (QED) is 0.354. The number of aryl methyl sites for hydroxylation is 1. The van der Waals surface area contributed by atoms with Gasteiger partial charge in [-0.25, -0.2) is 8.42 Å². The average Bonchev–Trinajstić information content (AvgIpc) is 2.89. The normalized spacial score (nSPS) is 12.0. The zero-order valence-electron chi connectivity index (χ0n) is 21.9. The second kappa shape index (κ2) is 13.4. The molecule has 0 saturated carbocycles. The Kier molecular flexibility index (Phi) is 10.3. The fourth-order valence-electron chi connectivity index (χ4n) is 4.33. The zero-order valence-corrected chi connectivity index (χ0v) is 23.5. The number of carbonyl (C=O) groups is 2. The smallest absolute Gasteiger partial charge is 0.242 e. The van der Waals surface area contributed by atoms with E-state index < -0.39 is 16.1 Å². The number of likely N-dealkylation sites (N-methyl/N-ethyl adjacent to an activating group) is 1. The van der Waals surface area contributed by atoms with Gasteiger partial charge in [-0.3, -0.25) is 13.9 Å². The zero-order chi connectivity index (χ0) is 27.7. The number of nitrogens with zero attached hydrogens (tertiary/aromatic N) is 2. The molecule has 0 aliphatic heterocycles. The Hall–Kier alpha value is -3.36. The van der Waals surface area contributed by atoms with Gasteiger partial charge in [-0.2, -0.15) is 0 Å². The van der Waals surface area contributed by atoms with Crippen LogP contribution in [0.15, 0.2) is 78.9 Å². The Morgan fingerprint density at radius 2 is 1.55 bits per heavy atom. The number of sulfonamides is 1. The maximum Gasteiger partial charge on any atom is 0.242 e. The molecule has 3 aromatic carbocycles. The van der Waals surface area contributed by atoms with Crippen molar-refractivity contribution in [2.75, 3.05) is 24.2 Å². The van der Waals surface area contributed by atoms with E-state index in [4.69, 9.17) is 11.6 Å². The topological polar surface area (TPSA) is 86.8 Å². The number of carbonyl (C=O) groups excluding carboxylic acids is 2. The highest BCUT2D eigenvalue weighted by molar-refractivity contribution is 7.92. The van der Waals surface area contributed by atoms with Crippen molar-refractivity contribution >= 4 is 39.1 Å². The summed E-state index contributed by atoms with van der Waals surface area (Å²) in [6.45, 7) is 2.21. The van der Waals surface area contributed by atoms with E-state index in [-0.39, 0.29) is 31.3 Å². The van der Waals surface area contributed by atoms with Gasteiger partial charge in [0, 0.05) is 38.0 Å². The van der Waals surface area contributed by atoms with Crippen LogP contribution in [0, 0.1) is 6.92 Å². The molecule has 1 atom stereocenters. The Balaban J connectivity index is 1.84. The molecule has 0 spiro atoms. The molecule has 3 rings (SSSR count). The maximum atomic E-state index is 13.7. The number of hydrogen-bond donors (Lipinski definition) is 1. The SMILES string of the molecule is CNC(=O)[C@@H](Cc1ccccc1)N(Cc1ccc(Cl)cc1)C(=O)CCCN(c1ccccc1C)S(C)(=O)=O. The van der Waals surface area contributed by atoms with Gasteiger partial charge in [-0.1, -0.05) is 72.3 Å². The summed E-state index contributed by atoms with van der Waals surface area (Å²) in [6.07, 6.45) is 1.88. The van der Waals surface area contributed by atoms with Gasteiger partial charge in [-0.15, -0.1) is 0 Å². The van der Waals surface area contributed by atoms with Crippen LogP contribution in [0.5, 0.6) is 0 Å². The number of amides is 2. The molecule has 0 fully saturated rings. The first kappa shape index (κ1) is 29.2. The van der Waals surface area contributed by atoms with Crippen LogP contribution in [0.4, 0.5) is 5.69 Å². The summed E-state index contributed by atoms with van der Waals surface area (Å²) in [7, 11) is -2.00. The summed E-state index contributed by atoms with van der Waals surface area (Å²) < 4.78 is 26.5. The van der Waals surface area contributed by atoms with Gasteiger partial charge in [0.05, 0.1) is 11.9 Å². The average molecular weight is 556 g/mol. The standard InChI is InChI=1S/C29H34ClN3O4S/c1-22-10-7-8-13-26(22)33(38(3,36)37)19-9-14-28(34)32(21-24-15-17-25(30)18-16-24)27(29(35)31-2)20-23-11-5-4-6-12-23/h4-8,10-13,15-18,27H,9,14,19-21H2,1-3H3,(H,31,35)/t27-/m1/s1. The van der Waals surface area contributed by atoms with Gasteiger partial charge in [-0.05, 0) is 48.2 Å². The lowest BCUT2D eigenvalue weighted by atomic mass is 10.0. The van der Waals surface area contributed by atoms with E-state index >= 15 is 0 Å². The van der Waals surface area contributed by atoms with Crippen LogP contribution in [0.25, 0.3) is 0 Å². The Labute approximate surface area is 230 Å². The van der Waals surface area contributed by atoms with Gasteiger partial charge < -0.3 is 10.2 Å². The third kappa shape index (κ3) is 8.07. The Morgan fingerprint density at radius 3 is 2.16 bits per heavy atom. The number of halogens is 1. The van der Waals surface area contributed by atoms with Gasteiger partial charge >= 0.3 is 0 Å². The van der Waals surface area contributed by atoms with E-state index in [0.717, 1.165) is 22.9 Å². The predicted octanol–water partition coefficient (Wildman–Crippen LogP) is 4.58. The fourth-order valence-corrected chi connectivity index (χ4v) is 5.48. The van der Waals surface area contributed by atoms with E-state index in [1.807, 2.05) is 61.5 Å². The molecule has 7 nitrogen and oxygen atoms in total. The molecule has 0 aliphatic rings. The van der Waals surface area contributed by atoms with Crippen LogP contribution in [-0.2, 0) is 32.6 Å². The highest BCUT2D eigenvalue weighted by Crippen LogP contribution is 2.23. The molecule has 3 aromatic rings. The van der Waals surface area contributed by atoms with Crippen molar-refractivity contribution in [1.29, 1.82) is 0 Å². The number of nitrogens with one attached hydrogen (secondary N) is 1. The molecule has 0 bridgehead atoms. The Morgan fingerprint density at radius 1 is 0.921 bits per heavy atom. The van der Waals surface area contributed by atoms with Crippen molar-refractivity contribution < 1.29 is 18.0 Å². The van der Waals surface area contributed by atoms with Crippen LogP contribution >= 0.6 is 11.6 Å². The maximum absolute atomic E-state index is 13.7. The number of para-hydroxylation sites is 1. The van der Waals surface area contributed by atoms with E-state index in [9.17, 15) is 18.0 Å². The minimum absolute atomic E-state index is 0.0772. The third-order valence-electron chi connectivity index (χ3n) is 6.32. The lowest BCUT2D eigenvalue weighted by Crippen LogP contribution is -2.49. The number of hydrogen-bond acceptors (Lipinski definition) is 4. The molecule has 2 amide bonds. The van der Waals surface area contributed by atoms with Crippen molar-refractivity contribution in [1.82, 2.24) is 10.2 Å². The van der Waals surface area contributed by atoms with Gasteiger partial charge in [0.1, 0.15) is 6.04 Å². The molecule has 38 heavy (non-hydrogen) atoms. The summed E-state index contributed by atoms with van der Waals surface area (Å²) in [6, 6.07) is 23.2. The molecule has 0 saturated heterocycles. The van der Waals surface area contributed by atoms with Crippen molar-refractivity contribution in [3.05, 3.63) is 101 Å². The molecule has 9 heteroatoms. The molecule has 0 aliphatic carbocycles. The number of rotatable bonds is 12. The summed E-state index contributed by atoms with van der Waals surface area (Å²) in [5, 5.41) is 3.28. The highest BCUT2D eigenvalue weighted by atomic mass is 35.5. The predicted molar refractivity (Wildman–Crippen MR) is 153 cm³/mol. The molecule has 0 unspecified atom stereocenters. The lowest BCUT2D eigenvalue weighted by Gasteiger charge is -2.31. The van der Waals surface area contributed by atoms with E-state index in [0.29, 0.717) is 23.6 Å². The van der Waals surface area contributed by atoms with E-state index in [2.05, 4.69) is 5.32 Å². The lowest BCUT2D eigenvalue weighted by molar-refractivity contribution is -0.141. The molecular formula is C29H34ClN3O4S. The van der Waals surface area contributed by atoms with Crippen LogP contribution in [0.1, 0.15) is 29.5 Å². The molecule has 0 heterocycles. The van der Waals surface area contributed by atoms with Crippen LogP contribution in [0.2, 0.25) is 5.02 Å². The molecular weight excluding hydrogens is 522 g/mol. The first-order valence-corrected chi connectivity index (χ1v) is 14.7. The summed E-state index contributed by atoms with van der Waals surface area (Å²) in [4.78, 5) is 28.3. The van der Waals surface area contributed by atoms with Crippen molar-refractivity contribution in [2.45, 2.75) is 38.8 Å². The molecule has 1 N–H and O–H groups in total. The summed E-state index contributed by atoms with van der Waals surface area (Å²) in [5.74, 6) is -0.503. The van der Waals surface area contributed by atoms with Gasteiger partial charge in [0.15, 0.2) is 0 Å². The van der Waals surface area contributed by atoms with Crippen molar-refractivity contribution in [3.63, 3.8) is 0 Å². The number of anilines is 1. The fraction of sp³-hybridized carbons (Fsp3) is 0.310. The number of benzene rings is 3. The van der Waals surface area contributed by atoms with E-state index in [1.54, 1.807) is 36.2 Å². The molecule has 0 radical (unpaired) electrons. The van der Waals surface area contributed by atoms with Crippen LogP contribution in [0.3, 0.4) is 0 Å². The summed E-state index contributed by atoms with van der Waals surface area (Å²) >= 11 is 6.05. The molecule has 0 aromatic heterocycles. The molecule has 202 valence electrons. The summed E-state index contributed by atoms with van der Waals surface area (Å²) in [5.41, 5.74) is 3.18. The third-order valence-corrected chi connectivity index (χ3v) is 7.75. The second-order valence-electron chi connectivity index (χ2n) is 9.19. The van der Waals surface area contributed by atoms with Gasteiger partial charge in [0.25, 0.3) is 0 Å². The van der Waals surface area contributed by atoms with E-state index in [1.165, 1.54) is 4.31 Å². The van der Waals surface area contributed by atoms with Gasteiger partial charge in [0.2, 0.25) is 21.8 Å². The highest BCUT2D eigenvalue weighted by Gasteiger charge is 2.30. The second-order valence-corrected chi connectivity index (χ2v) is 11.5. The van der Waals surface area contributed by atoms with Crippen molar-refractivity contribution in [3.8, 4) is 0 Å². The first-order valence-electron chi connectivity index (χ1n) is 12.4. The minimum Gasteiger partial charge on any atom is -0.357 e. The Bertz CT molecular complexity index is 1330. The largest absolute Gasteiger partial charge is 0.357 e.